The second-order valence-corrected chi connectivity index (χ2v) is 20.7. The third kappa shape index (κ3) is 15.8. The van der Waals surface area contributed by atoms with Gasteiger partial charge in [0.2, 0.25) is 17.5 Å². The molecular formula is C61H66Cl2N6O13. The van der Waals surface area contributed by atoms with Gasteiger partial charge in [0.1, 0.15) is 18.5 Å². The normalized spacial score (nSPS) is 17.6. The van der Waals surface area contributed by atoms with Crippen molar-refractivity contribution in [1.29, 1.82) is 0 Å². The van der Waals surface area contributed by atoms with Crippen LogP contribution < -0.4 is 15.4 Å². The number of rotatable bonds is 17. The number of aliphatic hydroxyl groups excluding tert-OH is 3. The van der Waals surface area contributed by atoms with E-state index in [0.717, 1.165) is 43.3 Å². The van der Waals surface area contributed by atoms with Crippen LogP contribution in [0.3, 0.4) is 0 Å². The highest BCUT2D eigenvalue weighted by Crippen LogP contribution is 2.41. The molecule has 10 rings (SSSR count). The first-order valence-corrected chi connectivity index (χ1v) is 27.2. The fourth-order valence-corrected chi connectivity index (χ4v) is 9.78. The number of amides is 1. The number of imidazole rings is 1. The highest BCUT2D eigenvalue weighted by Gasteiger charge is 2.45. The van der Waals surface area contributed by atoms with Gasteiger partial charge in [-0.1, -0.05) is 108 Å². The van der Waals surface area contributed by atoms with Gasteiger partial charge in [0.25, 0.3) is 0 Å². The molecule has 7 aromatic rings. The van der Waals surface area contributed by atoms with Gasteiger partial charge in [0.15, 0.2) is 5.78 Å². The molecule has 21 heteroatoms. The van der Waals surface area contributed by atoms with Gasteiger partial charge in [0.05, 0.1) is 67.4 Å². The zero-order valence-corrected chi connectivity index (χ0v) is 46.8. The average molecular weight is 1160 g/mol. The molecule has 0 aliphatic carbocycles. The lowest BCUT2D eigenvalue weighted by molar-refractivity contribution is -0.189. The lowest BCUT2D eigenvalue weighted by Gasteiger charge is -2.35. The predicted octanol–water partition coefficient (Wildman–Crippen LogP) is 7.26. The molecular weight excluding hydrogens is 1100 g/mol. The number of benzene rings is 5. The average Bonchev–Trinajstić information content (AvgIpc) is 3.83. The number of ketones is 2. The summed E-state index contributed by atoms with van der Waals surface area (Å²) in [5.41, 5.74) is 9.43. The number of hydrogen-bond donors (Lipinski definition) is 6. The first kappa shape index (κ1) is 61.9. The monoisotopic (exact) mass is 1160 g/mol. The molecule has 432 valence electrons. The van der Waals surface area contributed by atoms with Crippen molar-refractivity contribution in [1.82, 2.24) is 19.0 Å². The Hall–Kier alpha value is -7.72. The van der Waals surface area contributed by atoms with Crippen molar-refractivity contribution in [2.75, 3.05) is 64.1 Å². The van der Waals surface area contributed by atoms with E-state index in [2.05, 4.69) is 9.88 Å². The van der Waals surface area contributed by atoms with Crippen LogP contribution in [0.4, 0.5) is 5.69 Å². The quantitative estimate of drug-likeness (QED) is 0.0490. The number of piperazine rings is 1. The van der Waals surface area contributed by atoms with Gasteiger partial charge in [-0.25, -0.2) is 4.98 Å². The van der Waals surface area contributed by atoms with Crippen LogP contribution in [0.15, 0.2) is 158 Å². The van der Waals surface area contributed by atoms with Gasteiger partial charge in [0, 0.05) is 90.7 Å². The minimum absolute atomic E-state index is 0.0575. The number of fused-ring (bicyclic) bond motifs is 1. The summed E-state index contributed by atoms with van der Waals surface area (Å²) in [6.07, 6.45) is 5.53. The first-order valence-electron chi connectivity index (χ1n) is 26.4. The number of nitrogens with two attached hydrogens (primary N) is 1. The van der Waals surface area contributed by atoms with E-state index in [1.54, 1.807) is 111 Å². The van der Waals surface area contributed by atoms with Gasteiger partial charge in [-0.2, -0.15) is 0 Å². The van der Waals surface area contributed by atoms with Crippen LogP contribution in [0, 0.1) is 0 Å². The third-order valence-electron chi connectivity index (χ3n) is 14.1. The smallest absolute Gasteiger partial charge is 0.312 e. The van der Waals surface area contributed by atoms with Crippen molar-refractivity contribution in [2.24, 2.45) is 5.73 Å². The standard InChI is InChI=1S/C26H28Cl2N4O4.C16H14O3.C15H13NO3.C4H11NO3/c1-19(33)31-10-12-32(13-11-31)21-3-5-22(6-4-21)34-15-23-16-35-26(36-23,17-30-9-8-29-18-30)24-7-2-20(27)14-25(24)28;1-11(16(18)19)13-8-5-9-14(10-13)15(17)12-6-3-2-4-7-12;17-14(10-4-2-1-3-5-10)13-7-6-12-11(15(18)19)8-9-16(12)13;5-4(1-6,2-7)3-8/h2-9,14,18,23H,10-13,15-17H2,1H3;2-11H,1H3,(H,18,19);1-7,11H,8-9H2,(H,18,19);6-8H,1-3,5H2/t23-,26-;;;/m0.../s1. The van der Waals surface area contributed by atoms with Crippen LogP contribution in [-0.2, 0) is 42.7 Å². The summed E-state index contributed by atoms with van der Waals surface area (Å²) in [5, 5.41) is 44.2. The maximum absolute atomic E-state index is 12.4. The van der Waals surface area contributed by atoms with Gasteiger partial charge in [-0.15, -0.1) is 0 Å². The molecule has 5 heterocycles. The van der Waals surface area contributed by atoms with Gasteiger partial charge >= 0.3 is 11.9 Å². The second-order valence-electron chi connectivity index (χ2n) is 19.8. The van der Waals surface area contributed by atoms with E-state index in [0.29, 0.717) is 76.3 Å². The summed E-state index contributed by atoms with van der Waals surface area (Å²) in [4.78, 5) is 66.5. The highest BCUT2D eigenvalue weighted by atomic mass is 35.5. The molecule has 2 fully saturated rings. The summed E-state index contributed by atoms with van der Waals surface area (Å²) in [5.74, 6) is -3.19. The molecule has 19 nitrogen and oxygen atoms in total. The number of carboxylic acid groups (broad SMARTS) is 2. The molecule has 7 N–H and O–H groups in total. The Labute approximate surface area is 484 Å². The maximum atomic E-state index is 12.4. The summed E-state index contributed by atoms with van der Waals surface area (Å²) in [6.45, 7) is 6.79. The molecule has 0 saturated carbocycles. The molecule has 2 aromatic heterocycles. The SMILES string of the molecule is CC(=O)N1CCN(c2ccc(OC[C@H]3CO[C@](Cn4ccnc4)(c4ccc(Cl)cc4Cl)O3)cc2)CC1.CC(C(=O)O)c1cccc(C(=O)c2ccccc2)c1.NC(CO)(CO)CO.O=C(c1ccccc1)c1ccc2n1CCC2C(=O)O. The first-order chi connectivity index (χ1) is 39.4. The third-order valence-corrected chi connectivity index (χ3v) is 14.6. The molecule has 0 spiro atoms. The molecule has 82 heavy (non-hydrogen) atoms. The second kappa shape index (κ2) is 28.8. The van der Waals surface area contributed by atoms with Crippen LogP contribution in [-0.4, -0.2) is 145 Å². The van der Waals surface area contributed by atoms with E-state index >= 15 is 0 Å². The number of ether oxygens (including phenoxy) is 3. The molecule has 5 aromatic carbocycles. The van der Waals surface area contributed by atoms with Crippen LogP contribution in [0.2, 0.25) is 10.0 Å². The number of carbonyl (C=O) groups excluding carboxylic acids is 3. The summed E-state index contributed by atoms with van der Waals surface area (Å²) < 4.78 is 22.4. The number of aromatic nitrogens is 3. The Morgan fingerprint density at radius 3 is 1.96 bits per heavy atom. The van der Waals surface area contributed by atoms with Gasteiger partial charge < -0.3 is 64.4 Å². The van der Waals surface area contributed by atoms with Crippen molar-refractivity contribution in [3.63, 3.8) is 0 Å². The number of carbonyl (C=O) groups is 5. The number of anilines is 1. The van der Waals surface area contributed by atoms with Crippen LogP contribution in [0.5, 0.6) is 5.75 Å². The zero-order valence-electron chi connectivity index (χ0n) is 45.3. The van der Waals surface area contributed by atoms with Gasteiger partial charge in [-0.05, 0) is 73.5 Å². The number of aliphatic hydroxyl groups is 3. The molecule has 3 aliphatic rings. The van der Waals surface area contributed by atoms with E-state index in [1.165, 1.54) is 0 Å². The Kier molecular flexibility index (Phi) is 21.7. The van der Waals surface area contributed by atoms with E-state index in [9.17, 15) is 24.0 Å². The summed E-state index contributed by atoms with van der Waals surface area (Å²) >= 11 is 12.7. The van der Waals surface area contributed by atoms with E-state index in [1.807, 2.05) is 74.8 Å². The van der Waals surface area contributed by atoms with Crippen LogP contribution in [0.1, 0.15) is 80.9 Å². The molecule has 3 aliphatic heterocycles. The highest BCUT2D eigenvalue weighted by molar-refractivity contribution is 6.35. The number of carboxylic acids is 2. The number of nitrogens with zero attached hydrogens (tertiary/aromatic N) is 5. The maximum Gasteiger partial charge on any atom is 0.312 e. The van der Waals surface area contributed by atoms with Crippen LogP contribution >= 0.6 is 23.2 Å². The predicted molar refractivity (Wildman–Crippen MR) is 307 cm³/mol. The minimum atomic E-state index is -1.21. The Morgan fingerprint density at radius 1 is 0.768 bits per heavy atom. The Balaban J connectivity index is 0.000000178. The molecule has 0 bridgehead atoms. The molecule has 2 saturated heterocycles. The number of halogens is 2. The van der Waals surface area contributed by atoms with E-state index in [4.69, 9.17) is 68.7 Å². The fourth-order valence-electron chi connectivity index (χ4n) is 9.22. The lowest BCUT2D eigenvalue weighted by atomic mass is 9.96. The van der Waals surface area contributed by atoms with E-state index < -0.39 is 54.9 Å². The number of aliphatic carboxylic acids is 2. The largest absolute Gasteiger partial charge is 0.491 e. The van der Waals surface area contributed by atoms with Crippen molar-refractivity contribution >= 4 is 58.3 Å². The number of hydrogen-bond acceptors (Lipinski definition) is 14. The van der Waals surface area contributed by atoms with E-state index in [-0.39, 0.29) is 23.6 Å². The summed E-state index contributed by atoms with van der Waals surface area (Å²) in [7, 11) is 0. The molecule has 0 radical (unpaired) electrons. The van der Waals surface area contributed by atoms with Crippen molar-refractivity contribution in [3.8, 4) is 5.75 Å². The fraction of sp³-hybridized carbons (Fsp3) is 0.311. The summed E-state index contributed by atoms with van der Waals surface area (Å²) in [6, 6.07) is 41.5. The topological polar surface area (TPSA) is 269 Å². The Bertz CT molecular complexity index is 3240. The van der Waals surface area contributed by atoms with Crippen LogP contribution in [0.25, 0.3) is 0 Å². The molecule has 2 unspecified atom stereocenters. The van der Waals surface area contributed by atoms with Gasteiger partial charge in [-0.3, -0.25) is 24.0 Å². The Morgan fingerprint density at radius 2 is 1.40 bits per heavy atom. The zero-order chi connectivity index (χ0) is 59.0. The lowest BCUT2D eigenvalue weighted by Crippen LogP contribution is -2.50. The van der Waals surface area contributed by atoms with Crippen molar-refractivity contribution in [3.05, 3.63) is 207 Å². The molecule has 1 amide bonds. The van der Waals surface area contributed by atoms with Crippen molar-refractivity contribution < 1.29 is 63.7 Å². The minimum Gasteiger partial charge on any atom is -0.491 e. The van der Waals surface area contributed by atoms with Crippen molar-refractivity contribution in [2.45, 2.75) is 62.6 Å². The molecule has 4 atom stereocenters.